The van der Waals surface area contributed by atoms with E-state index in [1.54, 1.807) is 18.2 Å². The van der Waals surface area contributed by atoms with E-state index in [-0.39, 0.29) is 17.9 Å². The molecule has 3 aromatic rings. The highest BCUT2D eigenvalue weighted by atomic mass is 35.5. The van der Waals surface area contributed by atoms with Crippen molar-refractivity contribution in [3.05, 3.63) is 75.3 Å². The van der Waals surface area contributed by atoms with Crippen molar-refractivity contribution >= 4 is 28.5 Å². The standard InChI is InChI=1S/C22H25ClN4O3/c1-26(2)12-6-11-24-19(22(29)30)20-25-18-13-16(23)9-10-17(18)21(28)27(20)14-15-7-4-3-5-8-15/h3-5,7-10,13,19,24H,6,11-12,14H2,1-2H3,(H,29,30). The number of benzene rings is 2. The largest absolute Gasteiger partial charge is 0.480 e. The van der Waals surface area contributed by atoms with Gasteiger partial charge in [-0.15, -0.1) is 0 Å². The van der Waals surface area contributed by atoms with Crippen LogP contribution >= 0.6 is 11.6 Å². The lowest BCUT2D eigenvalue weighted by atomic mass is 10.1. The number of hydrogen-bond donors (Lipinski definition) is 2. The minimum absolute atomic E-state index is 0.163. The molecule has 0 aliphatic heterocycles. The van der Waals surface area contributed by atoms with Gasteiger partial charge < -0.3 is 10.0 Å². The summed E-state index contributed by atoms with van der Waals surface area (Å²) in [6, 6.07) is 13.1. The summed E-state index contributed by atoms with van der Waals surface area (Å²) in [5.74, 6) is -0.925. The first-order valence-electron chi connectivity index (χ1n) is 9.71. The van der Waals surface area contributed by atoms with Crippen molar-refractivity contribution in [1.29, 1.82) is 0 Å². The van der Waals surface area contributed by atoms with Gasteiger partial charge in [-0.2, -0.15) is 0 Å². The van der Waals surface area contributed by atoms with Gasteiger partial charge in [0.1, 0.15) is 5.82 Å². The average Bonchev–Trinajstić information content (AvgIpc) is 2.70. The van der Waals surface area contributed by atoms with Crippen LogP contribution in [-0.4, -0.2) is 52.7 Å². The van der Waals surface area contributed by atoms with E-state index in [9.17, 15) is 14.7 Å². The number of carbonyl (C=O) groups is 1. The third-order valence-electron chi connectivity index (χ3n) is 4.77. The second kappa shape index (κ2) is 9.84. The van der Waals surface area contributed by atoms with E-state index in [1.165, 1.54) is 4.57 Å². The lowest BCUT2D eigenvalue weighted by Crippen LogP contribution is -2.37. The molecule has 1 atom stereocenters. The van der Waals surface area contributed by atoms with Crippen molar-refractivity contribution in [1.82, 2.24) is 19.8 Å². The Morgan fingerprint density at radius 2 is 1.97 bits per heavy atom. The van der Waals surface area contributed by atoms with E-state index >= 15 is 0 Å². The van der Waals surface area contributed by atoms with Crippen LogP contribution in [-0.2, 0) is 11.3 Å². The molecule has 1 heterocycles. The van der Waals surface area contributed by atoms with Gasteiger partial charge in [0, 0.05) is 5.02 Å². The minimum atomic E-state index is -1.12. The highest BCUT2D eigenvalue weighted by molar-refractivity contribution is 6.31. The first-order chi connectivity index (χ1) is 14.4. The quantitative estimate of drug-likeness (QED) is 0.509. The van der Waals surface area contributed by atoms with Gasteiger partial charge in [-0.05, 0) is 57.4 Å². The van der Waals surface area contributed by atoms with Gasteiger partial charge >= 0.3 is 5.97 Å². The molecule has 0 radical (unpaired) electrons. The van der Waals surface area contributed by atoms with Crippen LogP contribution in [0.4, 0.5) is 0 Å². The Balaban J connectivity index is 2.07. The van der Waals surface area contributed by atoms with Crippen molar-refractivity contribution in [3.8, 4) is 0 Å². The fourth-order valence-corrected chi connectivity index (χ4v) is 3.45. The minimum Gasteiger partial charge on any atom is -0.480 e. The van der Waals surface area contributed by atoms with Crippen LogP contribution < -0.4 is 10.9 Å². The second-order valence-electron chi connectivity index (χ2n) is 7.39. The zero-order valence-corrected chi connectivity index (χ0v) is 17.8. The maximum absolute atomic E-state index is 13.3. The molecule has 1 aromatic heterocycles. The number of rotatable bonds is 9. The molecule has 0 spiro atoms. The molecule has 0 amide bonds. The van der Waals surface area contributed by atoms with E-state index in [0.717, 1.165) is 18.5 Å². The summed E-state index contributed by atoms with van der Waals surface area (Å²) < 4.78 is 1.43. The van der Waals surface area contributed by atoms with Gasteiger partial charge in [-0.1, -0.05) is 41.9 Å². The molecule has 30 heavy (non-hydrogen) atoms. The number of carboxylic acid groups (broad SMARTS) is 1. The predicted octanol–water partition coefficient (Wildman–Crippen LogP) is 2.77. The number of aliphatic carboxylic acids is 1. The van der Waals surface area contributed by atoms with E-state index in [4.69, 9.17) is 11.6 Å². The first-order valence-corrected chi connectivity index (χ1v) is 10.1. The molecule has 158 valence electrons. The van der Waals surface area contributed by atoms with E-state index in [1.807, 2.05) is 49.3 Å². The highest BCUT2D eigenvalue weighted by Crippen LogP contribution is 2.19. The van der Waals surface area contributed by atoms with Crippen molar-refractivity contribution in [2.75, 3.05) is 27.2 Å². The Kier molecular flexibility index (Phi) is 7.20. The number of halogens is 1. The Morgan fingerprint density at radius 1 is 1.23 bits per heavy atom. The number of fused-ring (bicyclic) bond motifs is 1. The summed E-state index contributed by atoms with van der Waals surface area (Å²) in [5, 5.41) is 13.8. The fraction of sp³-hybridized carbons (Fsp3) is 0.318. The molecule has 8 heteroatoms. The number of nitrogens with zero attached hydrogens (tertiary/aromatic N) is 3. The van der Waals surface area contributed by atoms with Crippen LogP contribution in [0.3, 0.4) is 0 Å². The Bertz CT molecular complexity index is 1080. The topological polar surface area (TPSA) is 87.5 Å². The van der Waals surface area contributed by atoms with Crippen LogP contribution in [0.5, 0.6) is 0 Å². The zero-order valence-electron chi connectivity index (χ0n) is 17.0. The Labute approximate surface area is 179 Å². The van der Waals surface area contributed by atoms with E-state index < -0.39 is 12.0 Å². The molecule has 0 bridgehead atoms. The summed E-state index contributed by atoms with van der Waals surface area (Å²) in [6.07, 6.45) is 0.763. The molecule has 0 aliphatic carbocycles. The number of nitrogens with one attached hydrogen (secondary N) is 1. The molecule has 2 N–H and O–H groups in total. The molecule has 7 nitrogen and oxygen atoms in total. The van der Waals surface area contributed by atoms with Gasteiger partial charge in [0.25, 0.3) is 5.56 Å². The van der Waals surface area contributed by atoms with Gasteiger partial charge in [0.15, 0.2) is 6.04 Å². The van der Waals surface area contributed by atoms with Gasteiger partial charge in [-0.3, -0.25) is 19.5 Å². The molecule has 0 fully saturated rings. The molecule has 1 unspecified atom stereocenters. The lowest BCUT2D eigenvalue weighted by molar-refractivity contribution is -0.140. The summed E-state index contributed by atoms with van der Waals surface area (Å²) in [7, 11) is 3.92. The zero-order chi connectivity index (χ0) is 21.7. The van der Waals surface area contributed by atoms with Crippen LogP contribution in [0.15, 0.2) is 53.3 Å². The highest BCUT2D eigenvalue weighted by Gasteiger charge is 2.26. The van der Waals surface area contributed by atoms with Crippen LogP contribution in [0.25, 0.3) is 10.9 Å². The first kappa shape index (κ1) is 22.0. The average molecular weight is 429 g/mol. The van der Waals surface area contributed by atoms with Gasteiger partial charge in [0.05, 0.1) is 17.4 Å². The fourth-order valence-electron chi connectivity index (χ4n) is 3.28. The van der Waals surface area contributed by atoms with Gasteiger partial charge in [-0.25, -0.2) is 4.98 Å². The summed E-state index contributed by atoms with van der Waals surface area (Å²) in [6.45, 7) is 1.52. The lowest BCUT2D eigenvalue weighted by Gasteiger charge is -2.20. The summed E-state index contributed by atoms with van der Waals surface area (Å²) in [5.41, 5.74) is 0.970. The normalized spacial score (nSPS) is 12.4. The Morgan fingerprint density at radius 3 is 2.63 bits per heavy atom. The monoisotopic (exact) mass is 428 g/mol. The smallest absolute Gasteiger partial charge is 0.328 e. The summed E-state index contributed by atoms with van der Waals surface area (Å²) in [4.78, 5) is 31.9. The molecule has 2 aromatic carbocycles. The van der Waals surface area contributed by atoms with Crippen molar-refractivity contribution in [2.24, 2.45) is 0 Å². The number of aromatic nitrogens is 2. The number of hydrogen-bond acceptors (Lipinski definition) is 5. The molecule has 3 rings (SSSR count). The predicted molar refractivity (Wildman–Crippen MR) is 118 cm³/mol. The van der Waals surface area contributed by atoms with Crippen molar-refractivity contribution in [2.45, 2.75) is 19.0 Å². The van der Waals surface area contributed by atoms with Crippen LogP contribution in [0.2, 0.25) is 5.02 Å². The maximum atomic E-state index is 13.3. The van der Waals surface area contributed by atoms with E-state index in [2.05, 4.69) is 10.3 Å². The molecular formula is C22H25ClN4O3. The maximum Gasteiger partial charge on any atom is 0.328 e. The summed E-state index contributed by atoms with van der Waals surface area (Å²) >= 11 is 6.08. The van der Waals surface area contributed by atoms with Crippen LogP contribution in [0.1, 0.15) is 23.9 Å². The molecular weight excluding hydrogens is 404 g/mol. The number of carboxylic acids is 1. The third kappa shape index (κ3) is 5.24. The Hall–Kier alpha value is -2.74. The van der Waals surface area contributed by atoms with Crippen LogP contribution in [0, 0.1) is 0 Å². The SMILES string of the molecule is CN(C)CCCNC(C(=O)O)c1nc2cc(Cl)ccc2c(=O)n1Cc1ccccc1. The van der Waals surface area contributed by atoms with E-state index in [0.29, 0.717) is 22.5 Å². The molecule has 0 saturated heterocycles. The van der Waals surface area contributed by atoms with Crippen molar-refractivity contribution in [3.63, 3.8) is 0 Å². The second-order valence-corrected chi connectivity index (χ2v) is 7.83. The molecule has 0 aliphatic rings. The van der Waals surface area contributed by atoms with Gasteiger partial charge in [0.2, 0.25) is 0 Å². The van der Waals surface area contributed by atoms with Crippen molar-refractivity contribution < 1.29 is 9.90 Å². The molecule has 0 saturated carbocycles. The third-order valence-corrected chi connectivity index (χ3v) is 5.00.